The Labute approximate surface area is 670 Å². The minimum absolute atomic E-state index is 0.0165. The molecule has 6 aliphatic rings. The summed E-state index contributed by atoms with van der Waals surface area (Å²) >= 11 is 6.86. The van der Waals surface area contributed by atoms with Gasteiger partial charge in [0, 0.05) is 73.4 Å². The molecule has 6 bridgehead atoms. The first-order valence-corrected chi connectivity index (χ1v) is 44.4. The Morgan fingerprint density at radius 3 is 1.38 bits per heavy atom. The Balaban J connectivity index is 0.000000131. The van der Waals surface area contributed by atoms with Gasteiger partial charge in [-0.3, -0.25) is 4.21 Å². The molecule has 12 aromatic rings. The van der Waals surface area contributed by atoms with Gasteiger partial charge >= 0.3 is 0 Å². The number of hydrogen-bond acceptors (Lipinski definition) is 22. The number of hydrogen-bond donors (Lipinski definition) is 0. The van der Waals surface area contributed by atoms with Crippen LogP contribution in [0.15, 0.2) is 129 Å². The van der Waals surface area contributed by atoms with E-state index in [-0.39, 0.29) is 91.3 Å². The predicted octanol–water partition coefficient (Wildman–Crippen LogP) is 12.7. The predicted molar refractivity (Wildman–Crippen MR) is 421 cm³/mol. The summed E-state index contributed by atoms with van der Waals surface area (Å²) in [7, 11) is -8.34. The number of nitrogens with zero attached hydrogens (tertiary/aromatic N) is 20. The normalized spacial score (nSPS) is 21.8. The molecular formula is C81H79ClF6N20O5S3. The lowest BCUT2D eigenvalue weighted by atomic mass is 9.64. The van der Waals surface area contributed by atoms with Crippen LogP contribution in [-0.4, -0.2) is 163 Å². The molecule has 0 radical (unpaired) electrons. The van der Waals surface area contributed by atoms with Crippen molar-refractivity contribution in [3.63, 3.8) is 0 Å². The van der Waals surface area contributed by atoms with Gasteiger partial charge < -0.3 is 0 Å². The zero-order valence-electron chi connectivity index (χ0n) is 64.6. The van der Waals surface area contributed by atoms with Gasteiger partial charge in [0.05, 0.1) is 83.9 Å². The van der Waals surface area contributed by atoms with Crippen LogP contribution in [0.25, 0.3) is 51.5 Å². The number of benzene rings is 3. The van der Waals surface area contributed by atoms with E-state index in [1.54, 1.807) is 41.9 Å². The molecule has 0 aliphatic heterocycles. The van der Waals surface area contributed by atoms with E-state index in [1.165, 1.54) is 82.9 Å². The topological polar surface area (TPSA) is 319 Å². The van der Waals surface area contributed by atoms with Crippen LogP contribution < -0.4 is 0 Å². The summed E-state index contributed by atoms with van der Waals surface area (Å²) in [5.41, 5.74) is 4.63. The van der Waals surface area contributed by atoms with Crippen molar-refractivity contribution < 1.29 is 47.4 Å². The highest BCUT2D eigenvalue weighted by Crippen LogP contribution is 2.73. The number of fused-ring (bicyclic) bond motifs is 15. The maximum absolute atomic E-state index is 14.6. The molecule has 6 aliphatic carbocycles. The van der Waals surface area contributed by atoms with Gasteiger partial charge in [0.1, 0.15) is 79.3 Å². The zero-order valence-corrected chi connectivity index (χ0v) is 67.8. The molecular weight excluding hydrogens is 1580 g/mol. The van der Waals surface area contributed by atoms with Crippen molar-refractivity contribution in [1.82, 2.24) is 99.8 Å². The SMILES string of the molecule is C=S(C)(=O)CCc1ncn(-c2cc([C@@]34CC[C@@H](c5cc(-c6c(F)cccc6F)nnc53)C4(C)C)ccn2)n1.CC1(C)[C@H]2CC[C@]1(c1ccnc(-n3cnc(CCCS(C)(=O)=O)n3)n1)c1nnc(-c3c(F)cccc3F)cc12.CC1(C)[C@H]2CC[C@]1(c1ccnc(-n3cnc(CCS(C)(=O)=O)n3)n1)c1nnc(-c3c(F)cccc3F)c(Cl)c12. The van der Waals surface area contributed by atoms with E-state index in [2.05, 4.69) is 123 Å². The van der Waals surface area contributed by atoms with Crippen LogP contribution >= 0.6 is 11.6 Å². The second-order valence-corrected chi connectivity index (χ2v) is 40.3. The number of halogens is 7. The maximum Gasteiger partial charge on any atom is 0.252 e. The van der Waals surface area contributed by atoms with E-state index >= 15 is 0 Å². The van der Waals surface area contributed by atoms with E-state index in [0.717, 1.165) is 84.1 Å². The number of pyridine rings is 1. The van der Waals surface area contributed by atoms with Gasteiger partial charge in [0.15, 0.2) is 23.3 Å². The van der Waals surface area contributed by atoms with Crippen molar-refractivity contribution >= 4 is 46.7 Å². The van der Waals surface area contributed by atoms with Gasteiger partial charge in [0.25, 0.3) is 11.9 Å². The molecule has 0 saturated heterocycles. The van der Waals surface area contributed by atoms with Gasteiger partial charge in [0.2, 0.25) is 0 Å². The third-order valence-corrected chi connectivity index (χ3v) is 28.3. The number of rotatable bonds is 19. The summed E-state index contributed by atoms with van der Waals surface area (Å²) in [5.74, 6) is 2.89. The van der Waals surface area contributed by atoms with Crippen LogP contribution in [0.2, 0.25) is 5.02 Å². The standard InChI is InChI=1S/C28H28F2N6OS.C27H27F2N7O2S.C26H24ClF2N7O2S/c1-27(2)19-8-11-28(27,26-18(19)15-22(33-34-26)25-20(29)6-5-7-21(25)30)17-9-12-31-24(14-17)36-16-32-23(35-36)10-13-38(3,4)37;1-26(2)17-9-11-27(26,24-16(17)14-20(33-34-24)23-18(28)6-4-7-19(23)29)21-10-12-30-25(32-21)36-15-31-22(35-36)8-5-13-39(3,37)38;1-25(2)14-7-10-26(25,23-19(14)21(27)22(33-34-23)20-15(28)5-4-6-16(20)29)17-8-11-30-24(32-17)36-13-31-18(35-36)9-12-39(3,37)38/h5-7,9,12,14-16,19H,3,8,10-11,13H2,1-2,4H3;4,6-7,10,12,14-15,17H,5,8-9,11,13H2,1-3H3;4-6,8,11,13-14H,7,9-10,12H2,1-3H3/t19-,28-,38?;17-,27-;14-,26-/m000/s1. The molecule has 9 aromatic heterocycles. The second kappa shape index (κ2) is 28.9. The zero-order chi connectivity index (χ0) is 82.2. The van der Waals surface area contributed by atoms with Crippen molar-refractivity contribution in [3.8, 4) is 51.5 Å². The molecule has 1 unspecified atom stereocenters. The average molecular weight is 1660 g/mol. The van der Waals surface area contributed by atoms with Crippen LogP contribution in [0.3, 0.4) is 0 Å². The molecule has 25 nitrogen and oxygen atoms in total. The fraction of sp³-hybridized carbons (Fsp3) is 0.383. The first kappa shape index (κ1) is 79.3. The van der Waals surface area contributed by atoms with Gasteiger partial charge in [-0.2, -0.15) is 24.7 Å². The molecule has 600 valence electrons. The second-order valence-electron chi connectivity index (χ2n) is 32.6. The Morgan fingerprint density at radius 2 is 0.871 bits per heavy atom. The Bertz CT molecular complexity index is 6270. The van der Waals surface area contributed by atoms with Crippen LogP contribution in [0, 0.1) is 51.1 Å². The summed E-state index contributed by atoms with van der Waals surface area (Å²) in [4.78, 5) is 35.9. The fourth-order valence-corrected chi connectivity index (χ4v) is 21.4. The molecule has 18 rings (SSSR count). The molecule has 116 heavy (non-hydrogen) atoms. The Kier molecular flexibility index (Phi) is 19.8. The molecule has 3 saturated carbocycles. The fourth-order valence-electron chi connectivity index (χ4n) is 19.2. The van der Waals surface area contributed by atoms with E-state index in [0.29, 0.717) is 65.6 Å². The van der Waals surface area contributed by atoms with E-state index in [4.69, 9.17) is 21.6 Å². The lowest BCUT2D eigenvalue weighted by molar-refractivity contribution is 0.242. The summed E-state index contributed by atoms with van der Waals surface area (Å²) in [5, 5.41) is 40.1. The minimum Gasteiger partial charge on any atom is -0.268 e. The van der Waals surface area contributed by atoms with Crippen LogP contribution in [-0.2, 0) is 64.7 Å². The largest absolute Gasteiger partial charge is 0.268 e. The summed E-state index contributed by atoms with van der Waals surface area (Å²) < 4.78 is 150. The summed E-state index contributed by atoms with van der Waals surface area (Å²) in [6.07, 6.45) is 20.1. The van der Waals surface area contributed by atoms with Gasteiger partial charge in [-0.1, -0.05) is 71.3 Å². The molecule has 7 atom stereocenters. The van der Waals surface area contributed by atoms with E-state index in [9.17, 15) is 47.4 Å². The number of aryl methyl sites for hydroxylation is 3. The van der Waals surface area contributed by atoms with Crippen LogP contribution in [0.4, 0.5) is 26.3 Å². The molecule has 35 heteroatoms. The lowest BCUT2D eigenvalue weighted by Crippen LogP contribution is -2.38. The first-order valence-electron chi connectivity index (χ1n) is 37.6. The molecule has 3 aromatic carbocycles. The Hall–Kier alpha value is -10.6. The summed E-state index contributed by atoms with van der Waals surface area (Å²) in [6, 6.07) is 22.5. The average Bonchev–Trinajstić information content (AvgIpc) is 1.52. The summed E-state index contributed by atoms with van der Waals surface area (Å²) in [6.45, 7) is 13.0. The Morgan fingerprint density at radius 1 is 0.457 bits per heavy atom. The minimum atomic E-state index is -3.16. The smallest absolute Gasteiger partial charge is 0.252 e. The van der Waals surface area contributed by atoms with Crippen LogP contribution in [0.5, 0.6) is 0 Å². The quantitative estimate of drug-likeness (QED) is 0.0536. The van der Waals surface area contributed by atoms with Gasteiger partial charge in [-0.15, -0.1) is 30.6 Å². The molecule has 0 spiro atoms. The molecule has 3 fully saturated rings. The highest BCUT2D eigenvalue weighted by molar-refractivity contribution is 7.99. The third-order valence-electron chi connectivity index (χ3n) is 24.9. The third kappa shape index (κ3) is 13.3. The number of sulfone groups is 2. The lowest BCUT2D eigenvalue weighted by Gasteiger charge is -2.38. The van der Waals surface area contributed by atoms with Crippen molar-refractivity contribution in [3.05, 3.63) is 237 Å². The molecule has 0 N–H and O–H groups in total. The number of aromatic nitrogens is 20. The van der Waals surface area contributed by atoms with E-state index < -0.39 is 85.8 Å². The first-order chi connectivity index (χ1) is 55.0. The maximum atomic E-state index is 14.6. The molecule has 0 amide bonds. The van der Waals surface area contributed by atoms with E-state index in [1.807, 2.05) is 30.3 Å². The monoisotopic (exact) mass is 1660 g/mol. The van der Waals surface area contributed by atoms with Crippen molar-refractivity contribution in [2.45, 2.75) is 140 Å². The van der Waals surface area contributed by atoms with Crippen molar-refractivity contribution in [1.29, 1.82) is 0 Å². The van der Waals surface area contributed by atoms with Gasteiger partial charge in [-0.25, -0.2) is 87.7 Å². The van der Waals surface area contributed by atoms with Gasteiger partial charge in [-0.05, 0) is 184 Å². The van der Waals surface area contributed by atoms with Crippen molar-refractivity contribution in [2.24, 2.45) is 16.2 Å². The highest BCUT2D eigenvalue weighted by atomic mass is 35.5. The highest BCUT2D eigenvalue weighted by Gasteiger charge is 2.68. The van der Waals surface area contributed by atoms with Crippen LogP contribution in [0.1, 0.15) is 172 Å². The molecule has 9 heterocycles. The van der Waals surface area contributed by atoms with Crippen molar-refractivity contribution in [2.75, 3.05) is 36.0 Å².